The highest BCUT2D eigenvalue weighted by Gasteiger charge is 2.53. The number of rotatable bonds is 12. The monoisotopic (exact) mass is 572 g/mol. The number of aliphatic hydroxyl groups excluding tert-OH is 8. The van der Waals surface area contributed by atoms with Crippen LogP contribution in [0.4, 0.5) is 0 Å². The molecule has 2 aliphatic rings. The van der Waals surface area contributed by atoms with Gasteiger partial charge in [-0.15, -0.1) is 0 Å². The lowest BCUT2D eigenvalue weighted by molar-refractivity contribution is -0.315. The predicted octanol–water partition coefficient (Wildman–Crippen LogP) is -3.97. The normalized spacial score (nSPS) is 33.7. The van der Waals surface area contributed by atoms with Crippen molar-refractivity contribution in [2.45, 2.75) is 113 Å². The highest BCUT2D eigenvalue weighted by atomic mass is 16.6. The van der Waals surface area contributed by atoms with Crippen molar-refractivity contribution in [1.82, 2.24) is 4.90 Å². The van der Waals surface area contributed by atoms with E-state index in [0.717, 1.165) is 11.3 Å². The summed E-state index contributed by atoms with van der Waals surface area (Å²) >= 11 is 0. The fraction of sp³-hybridized carbons (Fsp3) is 0.769. The van der Waals surface area contributed by atoms with Gasteiger partial charge in [0.25, 0.3) is 0 Å². The van der Waals surface area contributed by atoms with E-state index in [2.05, 4.69) is 23.7 Å². The first-order valence-corrected chi connectivity index (χ1v) is 13.2. The van der Waals surface area contributed by atoms with E-state index in [1.54, 1.807) is 0 Å². The zero-order valence-corrected chi connectivity index (χ0v) is 22.1. The number of carbonyl (C=O) groups excluding carboxylic acids is 2. The van der Waals surface area contributed by atoms with Crippen LogP contribution in [0.3, 0.4) is 0 Å². The second-order valence-electron chi connectivity index (χ2n) is 9.72. The first kappa shape index (κ1) is 33.9. The maximum Gasteiger partial charge on any atom is 0.226 e. The van der Waals surface area contributed by atoms with Gasteiger partial charge in [0.15, 0.2) is 12.5 Å². The molecule has 0 unspecified atom stereocenters. The molecule has 2 rings (SSSR count). The summed E-state index contributed by atoms with van der Waals surface area (Å²) in [6, 6.07) is 0. The largest absolute Gasteiger partial charge is 0.394 e. The van der Waals surface area contributed by atoms with Gasteiger partial charge in [-0.3, -0.25) is 14.5 Å². The maximum atomic E-state index is 13.3. The molecule has 0 spiro atoms. The summed E-state index contributed by atoms with van der Waals surface area (Å²) in [5.41, 5.74) is 5.07. The molecule has 226 valence electrons. The molecule has 2 heterocycles. The fourth-order valence-electron chi connectivity index (χ4n) is 4.40. The third kappa shape index (κ3) is 9.09. The van der Waals surface area contributed by atoms with Gasteiger partial charge in [0.05, 0.1) is 13.2 Å². The number of hydrogen-bond donors (Lipinski definition) is 9. The Bertz CT molecular complexity index is 903. The van der Waals surface area contributed by atoms with E-state index in [0.29, 0.717) is 38.5 Å². The van der Waals surface area contributed by atoms with Crippen molar-refractivity contribution in [3.63, 3.8) is 0 Å². The average molecular weight is 573 g/mol. The maximum absolute atomic E-state index is 13.3. The molecule has 10 atom stereocenters. The van der Waals surface area contributed by atoms with E-state index in [4.69, 9.17) is 15.2 Å². The second-order valence-corrected chi connectivity index (χ2v) is 9.72. The Hall–Kier alpha value is -2.34. The first-order chi connectivity index (χ1) is 19.0. The SMILES string of the molecule is NC(=O)CCCCC#CC#CCCCCC(=O)N([C@@H]1O[C@H](CO)[C@@H](O)[C@H](O)[C@H]1O)[C@@H]1O[C@H](CO)[C@@H](O)[C@H](O)[C@H]1O. The summed E-state index contributed by atoms with van der Waals surface area (Å²) in [6.45, 7) is -1.54. The van der Waals surface area contributed by atoms with E-state index in [-0.39, 0.29) is 12.3 Å². The Morgan fingerprint density at radius 2 is 1.07 bits per heavy atom. The summed E-state index contributed by atoms with van der Waals surface area (Å²) in [5, 5.41) is 81.1. The van der Waals surface area contributed by atoms with Crippen molar-refractivity contribution < 1.29 is 59.9 Å². The van der Waals surface area contributed by atoms with Gasteiger partial charge in [-0.05, 0) is 37.5 Å². The molecular formula is C26H40N2O12. The van der Waals surface area contributed by atoms with E-state index in [9.17, 15) is 50.4 Å². The van der Waals surface area contributed by atoms with Crippen LogP contribution in [0.15, 0.2) is 0 Å². The van der Waals surface area contributed by atoms with Crippen LogP contribution in [0.2, 0.25) is 0 Å². The number of aliphatic hydroxyl groups is 8. The average Bonchev–Trinajstić information content (AvgIpc) is 2.93. The highest BCUT2D eigenvalue weighted by Crippen LogP contribution is 2.31. The molecular weight excluding hydrogens is 532 g/mol. The number of unbranched alkanes of at least 4 members (excludes halogenated alkanes) is 4. The molecule has 0 radical (unpaired) electrons. The molecule has 14 nitrogen and oxygen atoms in total. The summed E-state index contributed by atoms with van der Waals surface area (Å²) in [5.74, 6) is 10.0. The molecule has 0 aromatic carbocycles. The van der Waals surface area contributed by atoms with Gasteiger partial charge in [-0.1, -0.05) is 11.8 Å². The van der Waals surface area contributed by atoms with Gasteiger partial charge in [-0.25, -0.2) is 0 Å². The molecule has 0 bridgehead atoms. The van der Waals surface area contributed by atoms with E-state index in [1.165, 1.54) is 0 Å². The van der Waals surface area contributed by atoms with Crippen LogP contribution < -0.4 is 5.73 Å². The van der Waals surface area contributed by atoms with Crippen molar-refractivity contribution in [2.24, 2.45) is 5.73 Å². The number of ether oxygens (including phenoxy) is 2. The fourth-order valence-corrected chi connectivity index (χ4v) is 4.40. The second kappa shape index (κ2) is 16.8. The Morgan fingerprint density at radius 1 is 0.650 bits per heavy atom. The van der Waals surface area contributed by atoms with Crippen LogP contribution >= 0.6 is 0 Å². The lowest BCUT2D eigenvalue weighted by Gasteiger charge is -2.50. The lowest BCUT2D eigenvalue weighted by Crippen LogP contribution is -2.70. The minimum atomic E-state index is -1.89. The van der Waals surface area contributed by atoms with Gasteiger partial charge < -0.3 is 56.1 Å². The van der Waals surface area contributed by atoms with Crippen LogP contribution in [0.5, 0.6) is 0 Å². The molecule has 0 saturated carbocycles. The Balaban J connectivity index is 2.06. The molecule has 0 aliphatic carbocycles. The third-order valence-electron chi connectivity index (χ3n) is 6.73. The Labute approximate surface area is 232 Å². The smallest absolute Gasteiger partial charge is 0.226 e. The van der Waals surface area contributed by atoms with E-state index in [1.807, 2.05) is 0 Å². The zero-order chi connectivity index (χ0) is 29.8. The standard InChI is InChI=1S/C26H40N2O12/c27-17(31)11-9-7-5-3-1-2-4-6-8-10-12-18(32)28(25-23(37)21(35)19(33)15(13-29)39-25)26-24(38)22(36)20(34)16(14-30)40-26/h15-16,19-26,29-30,33-38H,5-14H2,(H2,27,31)/t15-,16-,19-,20-,21+,22+,23-,24-,25-,26-/m1/s1. The zero-order valence-electron chi connectivity index (χ0n) is 22.1. The van der Waals surface area contributed by atoms with Gasteiger partial charge in [0, 0.05) is 25.7 Å². The van der Waals surface area contributed by atoms with E-state index < -0.39 is 80.4 Å². The summed E-state index contributed by atoms with van der Waals surface area (Å²) < 4.78 is 11.0. The van der Waals surface area contributed by atoms with Gasteiger partial charge in [-0.2, -0.15) is 0 Å². The topological polar surface area (TPSA) is 244 Å². The molecule has 2 fully saturated rings. The van der Waals surface area contributed by atoms with Crippen LogP contribution in [-0.4, -0.2) is 132 Å². The van der Waals surface area contributed by atoms with Crippen LogP contribution in [0.25, 0.3) is 0 Å². The van der Waals surface area contributed by atoms with Crippen molar-refractivity contribution in [1.29, 1.82) is 0 Å². The summed E-state index contributed by atoms with van der Waals surface area (Å²) in [4.78, 5) is 24.8. The number of primary amides is 1. The molecule has 0 aromatic heterocycles. The number of nitrogens with two attached hydrogens (primary N) is 1. The lowest BCUT2D eigenvalue weighted by atomic mass is 9.94. The summed E-state index contributed by atoms with van der Waals surface area (Å²) in [6.07, 6.45) is -13.8. The van der Waals surface area contributed by atoms with Gasteiger partial charge in [0.2, 0.25) is 11.8 Å². The molecule has 40 heavy (non-hydrogen) atoms. The van der Waals surface area contributed by atoms with Gasteiger partial charge in [0.1, 0.15) is 48.8 Å². The molecule has 14 heteroatoms. The molecule has 2 aliphatic heterocycles. The number of nitrogens with zero attached hydrogens (tertiary/aromatic N) is 1. The number of amides is 2. The van der Waals surface area contributed by atoms with Crippen molar-refractivity contribution in [3.05, 3.63) is 0 Å². The third-order valence-corrected chi connectivity index (χ3v) is 6.73. The Morgan fingerprint density at radius 3 is 1.48 bits per heavy atom. The number of hydrogen-bond acceptors (Lipinski definition) is 12. The minimum absolute atomic E-state index is 0.169. The molecule has 0 aromatic rings. The van der Waals surface area contributed by atoms with Crippen LogP contribution in [0.1, 0.15) is 51.4 Å². The minimum Gasteiger partial charge on any atom is -0.394 e. The van der Waals surface area contributed by atoms with Gasteiger partial charge >= 0.3 is 0 Å². The van der Waals surface area contributed by atoms with E-state index >= 15 is 0 Å². The molecule has 2 saturated heterocycles. The van der Waals surface area contributed by atoms with Crippen molar-refractivity contribution in [2.75, 3.05) is 13.2 Å². The van der Waals surface area contributed by atoms with Crippen LogP contribution in [0, 0.1) is 23.7 Å². The first-order valence-electron chi connectivity index (χ1n) is 13.2. The van der Waals surface area contributed by atoms with Crippen molar-refractivity contribution in [3.8, 4) is 23.7 Å². The highest BCUT2D eigenvalue weighted by molar-refractivity contribution is 5.77. The number of carbonyl (C=O) groups is 2. The van der Waals surface area contributed by atoms with Crippen LogP contribution in [-0.2, 0) is 19.1 Å². The predicted molar refractivity (Wildman–Crippen MR) is 136 cm³/mol. The van der Waals surface area contributed by atoms with Crippen molar-refractivity contribution >= 4 is 11.8 Å². The quantitative estimate of drug-likeness (QED) is 0.0803. The molecule has 2 amide bonds. The Kier molecular flexibility index (Phi) is 14.2. The summed E-state index contributed by atoms with van der Waals surface area (Å²) in [7, 11) is 0. The molecule has 10 N–H and O–H groups in total.